The average molecular weight is 451 g/mol. The molecule has 24 heavy (non-hydrogen) atoms. The van der Waals surface area contributed by atoms with Gasteiger partial charge in [0.05, 0.1) is 11.6 Å². The van der Waals surface area contributed by atoms with Gasteiger partial charge < -0.3 is 5.11 Å². The Balaban J connectivity index is 2.18. The quantitative estimate of drug-likeness (QED) is 0.737. The number of rotatable bonds is 3. The Bertz CT molecular complexity index is 859. The van der Waals surface area contributed by atoms with E-state index in [1.165, 1.54) is 11.8 Å². The van der Waals surface area contributed by atoms with E-state index in [4.69, 9.17) is 0 Å². The molecule has 2 aromatic rings. The van der Waals surface area contributed by atoms with Crippen molar-refractivity contribution in [1.82, 2.24) is 0 Å². The van der Waals surface area contributed by atoms with Crippen LogP contribution in [0, 0.1) is 0 Å². The Morgan fingerprint density at radius 1 is 1.08 bits per heavy atom. The third-order valence-corrected chi connectivity index (χ3v) is 4.88. The first kappa shape index (κ1) is 16.9. The van der Waals surface area contributed by atoms with Gasteiger partial charge in [0.1, 0.15) is 0 Å². The summed E-state index contributed by atoms with van der Waals surface area (Å²) in [6, 6.07) is 13.9. The molecular weight excluding hydrogens is 438 g/mol. The van der Waals surface area contributed by atoms with Crippen LogP contribution in [0.15, 0.2) is 68.8 Å². The number of hydrogen-bond donors (Lipinski definition) is 1. The first-order chi connectivity index (χ1) is 11.4. The van der Waals surface area contributed by atoms with Gasteiger partial charge in [-0.25, -0.2) is 0 Å². The van der Waals surface area contributed by atoms with Crippen molar-refractivity contribution in [2.45, 2.75) is 13.0 Å². The molecule has 1 atom stereocenters. The highest BCUT2D eigenvalue weighted by molar-refractivity contribution is 9.10. The Kier molecular flexibility index (Phi) is 4.60. The van der Waals surface area contributed by atoms with Crippen molar-refractivity contribution >= 4 is 49.2 Å². The highest BCUT2D eigenvalue weighted by Crippen LogP contribution is 2.41. The summed E-state index contributed by atoms with van der Waals surface area (Å²) >= 11 is 6.76. The van der Waals surface area contributed by atoms with Crippen molar-refractivity contribution in [2.75, 3.05) is 4.90 Å². The van der Waals surface area contributed by atoms with E-state index in [-0.39, 0.29) is 11.4 Å². The van der Waals surface area contributed by atoms with Crippen molar-refractivity contribution in [3.05, 3.63) is 74.4 Å². The Labute approximate surface area is 156 Å². The van der Waals surface area contributed by atoms with Crippen LogP contribution >= 0.6 is 31.9 Å². The van der Waals surface area contributed by atoms with Gasteiger partial charge in [0.15, 0.2) is 11.5 Å². The van der Waals surface area contributed by atoms with Gasteiger partial charge in [0, 0.05) is 14.6 Å². The first-order valence-corrected chi connectivity index (χ1v) is 8.77. The summed E-state index contributed by atoms with van der Waals surface area (Å²) in [5, 5.41) is 10.3. The number of halogens is 2. The first-order valence-electron chi connectivity index (χ1n) is 7.19. The van der Waals surface area contributed by atoms with Crippen LogP contribution in [-0.2, 0) is 9.59 Å². The molecule has 0 saturated heterocycles. The Hall–Kier alpha value is -1.92. The normalized spacial score (nSPS) is 17.5. The molecule has 0 radical (unpaired) electrons. The third kappa shape index (κ3) is 2.91. The number of aliphatic hydroxyl groups is 1. The number of carbonyl (C=O) groups is 2. The van der Waals surface area contributed by atoms with E-state index >= 15 is 0 Å². The van der Waals surface area contributed by atoms with Gasteiger partial charge in [-0.05, 0) is 42.8 Å². The molecule has 0 spiro atoms. The number of nitrogens with zero attached hydrogens (tertiary/aromatic N) is 1. The predicted molar refractivity (Wildman–Crippen MR) is 98.8 cm³/mol. The van der Waals surface area contributed by atoms with Crippen molar-refractivity contribution in [3.63, 3.8) is 0 Å². The van der Waals surface area contributed by atoms with Gasteiger partial charge >= 0.3 is 0 Å². The molecule has 2 aromatic carbocycles. The maximum absolute atomic E-state index is 12.6. The number of amides is 1. The number of ketones is 1. The van der Waals surface area contributed by atoms with Gasteiger partial charge in [-0.15, -0.1) is 0 Å². The fraction of sp³-hybridized carbons (Fsp3) is 0.111. The van der Waals surface area contributed by atoms with Crippen LogP contribution in [-0.4, -0.2) is 16.8 Å². The van der Waals surface area contributed by atoms with Crippen LogP contribution < -0.4 is 4.90 Å². The number of benzene rings is 2. The zero-order valence-corrected chi connectivity index (χ0v) is 15.8. The molecule has 4 nitrogen and oxygen atoms in total. The second-order valence-corrected chi connectivity index (χ2v) is 7.26. The minimum Gasteiger partial charge on any atom is -0.503 e. The van der Waals surface area contributed by atoms with E-state index < -0.39 is 17.7 Å². The smallest absolute Gasteiger partial charge is 0.294 e. The van der Waals surface area contributed by atoms with Crippen molar-refractivity contribution in [2.24, 2.45) is 0 Å². The topological polar surface area (TPSA) is 57.6 Å². The maximum atomic E-state index is 12.6. The van der Waals surface area contributed by atoms with Crippen LogP contribution in [0.4, 0.5) is 5.69 Å². The molecule has 1 aliphatic rings. The van der Waals surface area contributed by atoms with E-state index in [0.717, 1.165) is 14.5 Å². The van der Waals surface area contributed by atoms with Gasteiger partial charge in [-0.3, -0.25) is 14.5 Å². The number of hydrogen-bond acceptors (Lipinski definition) is 3. The van der Waals surface area contributed by atoms with Crippen molar-refractivity contribution in [3.8, 4) is 0 Å². The van der Waals surface area contributed by atoms with E-state index in [2.05, 4.69) is 31.9 Å². The molecule has 1 N–H and O–H groups in total. The Morgan fingerprint density at radius 3 is 2.33 bits per heavy atom. The minimum absolute atomic E-state index is 0.113. The zero-order chi connectivity index (χ0) is 17.4. The predicted octanol–water partition coefficient (Wildman–Crippen LogP) is 4.70. The van der Waals surface area contributed by atoms with Crippen LogP contribution in [0.25, 0.3) is 0 Å². The molecule has 6 heteroatoms. The summed E-state index contributed by atoms with van der Waals surface area (Å²) in [7, 11) is 0. The molecular formula is C18H13Br2NO3. The molecule has 0 aromatic heterocycles. The fourth-order valence-corrected chi connectivity index (χ4v) is 3.47. The average Bonchev–Trinajstić information content (AvgIpc) is 2.80. The number of carbonyl (C=O) groups excluding carboxylic acids is 2. The summed E-state index contributed by atoms with van der Waals surface area (Å²) in [5.74, 6) is -1.40. The lowest BCUT2D eigenvalue weighted by molar-refractivity contribution is -0.117. The van der Waals surface area contributed by atoms with E-state index in [1.54, 1.807) is 18.2 Å². The minimum atomic E-state index is -0.655. The molecule has 0 fully saturated rings. The standard InChI is InChI=1S/C18H13Br2NO3/c1-10(22)15-16(11-5-7-12(19)8-6-11)21(18(24)17(15)23)14-4-2-3-13(20)9-14/h2-9,16,23H,1H3/t16-/m0/s1. The number of Topliss-reactive ketones (excluding diaryl/α,β-unsaturated/α-hetero) is 1. The summed E-state index contributed by atoms with van der Waals surface area (Å²) in [5.41, 5.74) is 1.47. The van der Waals surface area contributed by atoms with Crippen LogP contribution in [0.2, 0.25) is 0 Å². The largest absolute Gasteiger partial charge is 0.503 e. The van der Waals surface area contributed by atoms with E-state index in [9.17, 15) is 14.7 Å². The van der Waals surface area contributed by atoms with Crippen molar-refractivity contribution < 1.29 is 14.7 Å². The third-order valence-electron chi connectivity index (χ3n) is 3.86. The molecule has 1 heterocycles. The van der Waals surface area contributed by atoms with Gasteiger partial charge in [-0.2, -0.15) is 0 Å². The maximum Gasteiger partial charge on any atom is 0.294 e. The van der Waals surface area contributed by atoms with Gasteiger partial charge in [0.25, 0.3) is 5.91 Å². The number of anilines is 1. The summed E-state index contributed by atoms with van der Waals surface area (Å²) in [4.78, 5) is 26.1. The number of aliphatic hydroxyl groups excluding tert-OH is 1. The lowest BCUT2D eigenvalue weighted by Gasteiger charge is -2.27. The lowest BCUT2D eigenvalue weighted by atomic mass is 9.96. The highest BCUT2D eigenvalue weighted by atomic mass is 79.9. The molecule has 0 saturated carbocycles. The molecule has 1 amide bonds. The summed E-state index contributed by atoms with van der Waals surface area (Å²) in [6.07, 6.45) is 0. The summed E-state index contributed by atoms with van der Waals surface area (Å²) < 4.78 is 1.69. The van der Waals surface area contributed by atoms with Crippen LogP contribution in [0.5, 0.6) is 0 Å². The zero-order valence-electron chi connectivity index (χ0n) is 12.7. The second kappa shape index (κ2) is 6.53. The molecule has 3 rings (SSSR count). The molecule has 0 aliphatic carbocycles. The second-order valence-electron chi connectivity index (χ2n) is 5.43. The van der Waals surface area contributed by atoms with Crippen LogP contribution in [0.3, 0.4) is 0 Å². The highest BCUT2D eigenvalue weighted by Gasteiger charge is 2.43. The lowest BCUT2D eigenvalue weighted by Crippen LogP contribution is -2.30. The summed E-state index contributed by atoms with van der Waals surface area (Å²) in [6.45, 7) is 1.36. The fourth-order valence-electron chi connectivity index (χ4n) is 2.82. The molecule has 1 aliphatic heterocycles. The van der Waals surface area contributed by atoms with Gasteiger partial charge in [-0.1, -0.05) is 50.1 Å². The van der Waals surface area contributed by atoms with Crippen LogP contribution in [0.1, 0.15) is 18.5 Å². The van der Waals surface area contributed by atoms with Crippen molar-refractivity contribution in [1.29, 1.82) is 0 Å². The van der Waals surface area contributed by atoms with Gasteiger partial charge in [0.2, 0.25) is 0 Å². The molecule has 122 valence electrons. The Morgan fingerprint density at radius 2 is 1.75 bits per heavy atom. The SMILES string of the molecule is CC(=O)C1=C(O)C(=O)N(c2cccc(Br)c2)[C@H]1c1ccc(Br)cc1. The van der Waals surface area contributed by atoms with E-state index in [0.29, 0.717) is 5.69 Å². The molecule has 0 bridgehead atoms. The monoisotopic (exact) mass is 449 g/mol. The molecule has 0 unspecified atom stereocenters. The van der Waals surface area contributed by atoms with E-state index in [1.807, 2.05) is 30.3 Å².